The van der Waals surface area contributed by atoms with E-state index >= 15 is 0 Å². The summed E-state index contributed by atoms with van der Waals surface area (Å²) in [6, 6.07) is 10.5. The molecule has 0 heterocycles. The lowest BCUT2D eigenvalue weighted by molar-refractivity contribution is -0.153. The molecule has 0 saturated carbocycles. The smallest absolute Gasteiger partial charge is 0.318 e. The molecule has 4 heteroatoms. The minimum Gasteiger partial charge on any atom is -0.462 e. The molecule has 0 aliphatic carbocycles. The van der Waals surface area contributed by atoms with Crippen molar-refractivity contribution < 1.29 is 14.3 Å². The number of nitrogens with zero attached hydrogens (tertiary/aromatic N) is 1. The van der Waals surface area contributed by atoms with Gasteiger partial charge in [0.2, 0.25) is 0 Å². The van der Waals surface area contributed by atoms with Crippen molar-refractivity contribution in [3.05, 3.63) is 35.9 Å². The fraction of sp³-hybridized carbons (Fsp3) is 0.438. The highest BCUT2D eigenvalue weighted by atomic mass is 16.5. The van der Waals surface area contributed by atoms with Crippen LogP contribution in [-0.4, -0.2) is 17.9 Å². The van der Waals surface area contributed by atoms with E-state index in [0.717, 1.165) is 0 Å². The SMILES string of the molecule is CC(C)OC(=O)C(C(=O)c1ccccc1)C(C)(C)C#N. The molecule has 0 aliphatic heterocycles. The molecule has 1 atom stereocenters. The zero-order valence-corrected chi connectivity index (χ0v) is 12.2. The van der Waals surface area contributed by atoms with Crippen molar-refractivity contribution in [3.8, 4) is 6.07 Å². The van der Waals surface area contributed by atoms with Gasteiger partial charge in [-0.2, -0.15) is 5.26 Å². The summed E-state index contributed by atoms with van der Waals surface area (Å²) >= 11 is 0. The van der Waals surface area contributed by atoms with E-state index in [4.69, 9.17) is 4.74 Å². The average molecular weight is 273 g/mol. The molecule has 1 aromatic rings. The van der Waals surface area contributed by atoms with Gasteiger partial charge in [-0.05, 0) is 27.7 Å². The number of carbonyl (C=O) groups excluding carboxylic acids is 2. The van der Waals surface area contributed by atoms with Gasteiger partial charge in [-0.15, -0.1) is 0 Å². The number of esters is 1. The number of hydrogen-bond acceptors (Lipinski definition) is 4. The molecule has 0 radical (unpaired) electrons. The summed E-state index contributed by atoms with van der Waals surface area (Å²) in [5.41, 5.74) is -0.722. The first-order valence-corrected chi connectivity index (χ1v) is 6.50. The van der Waals surface area contributed by atoms with Gasteiger partial charge in [0.25, 0.3) is 0 Å². The highest BCUT2D eigenvalue weighted by Crippen LogP contribution is 2.30. The van der Waals surface area contributed by atoms with E-state index in [0.29, 0.717) is 5.56 Å². The van der Waals surface area contributed by atoms with Crippen LogP contribution in [0.25, 0.3) is 0 Å². The second kappa shape index (κ2) is 6.33. The Hall–Kier alpha value is -2.15. The Labute approximate surface area is 119 Å². The largest absolute Gasteiger partial charge is 0.462 e. The zero-order chi connectivity index (χ0) is 15.3. The second-order valence-electron chi connectivity index (χ2n) is 5.48. The van der Waals surface area contributed by atoms with Crippen molar-refractivity contribution in [3.63, 3.8) is 0 Å². The number of rotatable bonds is 5. The standard InChI is InChI=1S/C16H19NO3/c1-11(2)20-15(19)13(16(3,4)10-17)14(18)12-8-6-5-7-9-12/h5-9,11,13H,1-4H3. The predicted octanol–water partition coefficient (Wildman–Crippen LogP) is 2.99. The minimum atomic E-state index is -1.13. The van der Waals surface area contributed by atoms with E-state index in [1.807, 2.05) is 6.07 Å². The van der Waals surface area contributed by atoms with Crippen LogP contribution in [0.2, 0.25) is 0 Å². The normalized spacial score (nSPS) is 12.6. The molecule has 1 rings (SSSR count). The van der Waals surface area contributed by atoms with Gasteiger partial charge in [-0.1, -0.05) is 30.3 Å². The van der Waals surface area contributed by atoms with Gasteiger partial charge in [0.15, 0.2) is 5.78 Å². The maximum absolute atomic E-state index is 12.5. The molecule has 0 amide bonds. The Bertz CT molecular complexity index is 526. The summed E-state index contributed by atoms with van der Waals surface area (Å²) < 4.78 is 5.13. The van der Waals surface area contributed by atoms with E-state index in [1.165, 1.54) is 0 Å². The first-order valence-electron chi connectivity index (χ1n) is 6.50. The third-order valence-electron chi connectivity index (χ3n) is 2.92. The third kappa shape index (κ3) is 3.67. The summed E-state index contributed by atoms with van der Waals surface area (Å²) in [6.45, 7) is 6.56. The summed E-state index contributed by atoms with van der Waals surface area (Å²) in [4.78, 5) is 24.7. The van der Waals surface area contributed by atoms with Gasteiger partial charge in [-0.3, -0.25) is 9.59 Å². The fourth-order valence-corrected chi connectivity index (χ4v) is 1.86. The molecule has 4 nitrogen and oxygen atoms in total. The molecule has 20 heavy (non-hydrogen) atoms. The molecule has 0 N–H and O–H groups in total. The van der Waals surface area contributed by atoms with Crippen molar-refractivity contribution in [1.82, 2.24) is 0 Å². The van der Waals surface area contributed by atoms with Crippen molar-refractivity contribution in [2.24, 2.45) is 11.3 Å². The van der Waals surface area contributed by atoms with E-state index < -0.39 is 17.3 Å². The van der Waals surface area contributed by atoms with Crippen LogP contribution in [0.15, 0.2) is 30.3 Å². The van der Waals surface area contributed by atoms with Crippen LogP contribution < -0.4 is 0 Å². The number of nitriles is 1. The Morgan fingerprint density at radius 2 is 1.75 bits per heavy atom. The van der Waals surface area contributed by atoms with Crippen molar-refractivity contribution in [2.75, 3.05) is 0 Å². The first kappa shape index (κ1) is 15.9. The lowest BCUT2D eigenvalue weighted by Gasteiger charge is -2.26. The number of ether oxygens (including phenoxy) is 1. The number of hydrogen-bond donors (Lipinski definition) is 0. The van der Waals surface area contributed by atoms with Crippen molar-refractivity contribution >= 4 is 11.8 Å². The topological polar surface area (TPSA) is 67.2 Å². The maximum Gasteiger partial charge on any atom is 0.318 e. The highest BCUT2D eigenvalue weighted by Gasteiger charge is 2.43. The Morgan fingerprint density at radius 1 is 1.20 bits per heavy atom. The first-order chi connectivity index (χ1) is 9.29. The number of benzene rings is 1. The minimum absolute atomic E-state index is 0.330. The summed E-state index contributed by atoms with van der Waals surface area (Å²) in [5.74, 6) is -2.17. The molecular formula is C16H19NO3. The molecule has 0 aliphatic rings. The van der Waals surface area contributed by atoms with E-state index in [-0.39, 0.29) is 11.9 Å². The monoisotopic (exact) mass is 273 g/mol. The van der Waals surface area contributed by atoms with Crippen molar-refractivity contribution in [1.29, 1.82) is 5.26 Å². The molecule has 0 spiro atoms. The molecule has 1 aromatic carbocycles. The molecule has 0 bridgehead atoms. The van der Waals surface area contributed by atoms with Gasteiger partial charge in [0.1, 0.15) is 5.92 Å². The van der Waals surface area contributed by atoms with Gasteiger partial charge < -0.3 is 4.74 Å². The van der Waals surface area contributed by atoms with Crippen LogP contribution in [-0.2, 0) is 9.53 Å². The summed E-state index contributed by atoms with van der Waals surface area (Å²) in [5, 5.41) is 9.23. The molecule has 0 saturated heterocycles. The van der Waals surface area contributed by atoms with Crippen LogP contribution in [0.3, 0.4) is 0 Å². The Balaban J connectivity index is 3.16. The summed E-state index contributed by atoms with van der Waals surface area (Å²) in [7, 11) is 0. The quantitative estimate of drug-likeness (QED) is 0.470. The lowest BCUT2D eigenvalue weighted by atomic mass is 9.76. The Kier molecular flexibility index (Phi) is 5.04. The predicted molar refractivity (Wildman–Crippen MR) is 74.9 cm³/mol. The van der Waals surface area contributed by atoms with Gasteiger partial charge in [0.05, 0.1) is 17.6 Å². The van der Waals surface area contributed by atoms with Crippen LogP contribution in [0.5, 0.6) is 0 Å². The number of ketones is 1. The third-order valence-corrected chi connectivity index (χ3v) is 2.92. The number of Topliss-reactive ketones (excluding diaryl/α,β-unsaturated/α-hetero) is 1. The van der Waals surface area contributed by atoms with E-state index in [1.54, 1.807) is 58.0 Å². The van der Waals surface area contributed by atoms with Crippen LogP contribution in [0.1, 0.15) is 38.1 Å². The van der Waals surface area contributed by atoms with Gasteiger partial charge >= 0.3 is 5.97 Å². The lowest BCUT2D eigenvalue weighted by Crippen LogP contribution is -2.38. The molecule has 0 fully saturated rings. The molecular weight excluding hydrogens is 254 g/mol. The Morgan fingerprint density at radius 3 is 2.20 bits per heavy atom. The number of carbonyl (C=O) groups is 2. The van der Waals surface area contributed by atoms with E-state index in [2.05, 4.69) is 0 Å². The van der Waals surface area contributed by atoms with Crippen LogP contribution in [0.4, 0.5) is 0 Å². The fourth-order valence-electron chi connectivity index (χ4n) is 1.86. The van der Waals surface area contributed by atoms with E-state index in [9.17, 15) is 14.9 Å². The second-order valence-corrected chi connectivity index (χ2v) is 5.48. The van der Waals surface area contributed by atoms with Crippen LogP contribution >= 0.6 is 0 Å². The molecule has 0 aromatic heterocycles. The van der Waals surface area contributed by atoms with Gasteiger partial charge in [0, 0.05) is 5.56 Å². The molecule has 106 valence electrons. The average Bonchev–Trinajstić information content (AvgIpc) is 2.38. The zero-order valence-electron chi connectivity index (χ0n) is 12.2. The maximum atomic E-state index is 12.5. The van der Waals surface area contributed by atoms with Gasteiger partial charge in [-0.25, -0.2) is 0 Å². The van der Waals surface area contributed by atoms with Crippen LogP contribution in [0, 0.1) is 22.7 Å². The molecule has 1 unspecified atom stereocenters. The summed E-state index contributed by atoms with van der Waals surface area (Å²) in [6.07, 6.45) is -0.330. The highest BCUT2D eigenvalue weighted by molar-refractivity contribution is 6.09. The van der Waals surface area contributed by atoms with Crippen molar-refractivity contribution in [2.45, 2.75) is 33.8 Å².